The number of ether oxygens (including phenoxy) is 2. The number of amides is 1. The zero-order valence-corrected chi connectivity index (χ0v) is 21.8. The molecule has 0 atom stereocenters. The summed E-state index contributed by atoms with van der Waals surface area (Å²) in [7, 11) is 1.52. The summed E-state index contributed by atoms with van der Waals surface area (Å²) < 4.78 is 15.1. The number of aryl methyl sites for hydroxylation is 1. The van der Waals surface area contributed by atoms with Crippen molar-refractivity contribution >= 4 is 17.2 Å². The molecule has 5 aromatic rings. The molecule has 1 N–H and O–H groups in total. The predicted octanol–water partition coefficient (Wildman–Crippen LogP) is 3.98. The number of nitrogens with zero attached hydrogens (tertiary/aromatic N) is 5. The van der Waals surface area contributed by atoms with E-state index in [2.05, 4.69) is 15.4 Å². The third-order valence-electron chi connectivity index (χ3n) is 6.03. The Hall–Kier alpha value is -5.19. The first-order valence-corrected chi connectivity index (χ1v) is 12.2. The van der Waals surface area contributed by atoms with Crippen molar-refractivity contribution in [2.45, 2.75) is 26.8 Å². The third-order valence-corrected chi connectivity index (χ3v) is 6.03. The molecular weight excluding hydrogens is 500 g/mol. The molecule has 2 aromatic carbocycles. The van der Waals surface area contributed by atoms with E-state index in [-0.39, 0.29) is 11.6 Å². The van der Waals surface area contributed by atoms with Gasteiger partial charge in [-0.3, -0.25) is 14.2 Å². The summed E-state index contributed by atoms with van der Waals surface area (Å²) in [6.45, 7) is 5.46. The Kier molecular flexibility index (Phi) is 6.72. The lowest BCUT2D eigenvalue weighted by Crippen LogP contribution is -2.42. The van der Waals surface area contributed by atoms with Crippen LogP contribution in [-0.2, 0) is 0 Å². The van der Waals surface area contributed by atoms with Gasteiger partial charge < -0.3 is 14.8 Å². The molecule has 3 aromatic heterocycles. The van der Waals surface area contributed by atoms with Gasteiger partial charge in [-0.1, -0.05) is 0 Å². The minimum absolute atomic E-state index is 0.173. The van der Waals surface area contributed by atoms with Crippen molar-refractivity contribution in [1.29, 1.82) is 0 Å². The maximum absolute atomic E-state index is 13.3. The van der Waals surface area contributed by atoms with Crippen molar-refractivity contribution in [3.63, 3.8) is 0 Å². The number of aromatic nitrogens is 5. The topological polar surface area (TPSA) is 122 Å². The van der Waals surface area contributed by atoms with E-state index in [0.717, 1.165) is 10.3 Å². The van der Waals surface area contributed by atoms with Crippen LogP contribution in [0.25, 0.3) is 11.3 Å². The zero-order valence-electron chi connectivity index (χ0n) is 21.8. The number of benzene rings is 2. The van der Waals surface area contributed by atoms with Crippen molar-refractivity contribution in [2.24, 2.45) is 0 Å². The summed E-state index contributed by atoms with van der Waals surface area (Å²) in [5.41, 5.74) is 0.774. The lowest BCUT2D eigenvalue weighted by molar-refractivity contribution is 0.102. The Bertz CT molecular complexity index is 1780. The van der Waals surface area contributed by atoms with Gasteiger partial charge in [0.2, 0.25) is 5.88 Å². The highest BCUT2D eigenvalue weighted by Gasteiger charge is 2.20. The van der Waals surface area contributed by atoms with Gasteiger partial charge in [0.1, 0.15) is 17.1 Å². The fraction of sp³-hybridized carbons (Fsp3) is 0.179. The summed E-state index contributed by atoms with van der Waals surface area (Å²) in [6, 6.07) is 16.4. The molecule has 0 bridgehead atoms. The molecule has 0 aliphatic heterocycles. The van der Waals surface area contributed by atoms with Crippen LogP contribution in [0.3, 0.4) is 0 Å². The first-order chi connectivity index (χ1) is 18.7. The number of methoxy groups -OCH3 is 1. The normalized spacial score (nSPS) is 11.1. The number of hydrogen-bond donors (Lipinski definition) is 1. The quantitative estimate of drug-likeness (QED) is 0.340. The second kappa shape index (κ2) is 10.3. The number of hydrogen-bond acceptors (Lipinski definition) is 7. The molecule has 39 heavy (non-hydrogen) atoms. The second-order valence-corrected chi connectivity index (χ2v) is 9.08. The molecule has 0 aliphatic rings. The van der Waals surface area contributed by atoms with E-state index in [4.69, 9.17) is 9.47 Å². The fourth-order valence-corrected chi connectivity index (χ4v) is 4.06. The van der Waals surface area contributed by atoms with E-state index in [1.807, 2.05) is 6.92 Å². The van der Waals surface area contributed by atoms with Crippen LogP contribution in [0.15, 0.2) is 82.6 Å². The van der Waals surface area contributed by atoms with Gasteiger partial charge in [0.25, 0.3) is 11.5 Å². The van der Waals surface area contributed by atoms with Crippen LogP contribution in [0.1, 0.15) is 35.9 Å². The molecule has 0 saturated carbocycles. The zero-order chi connectivity index (χ0) is 27.7. The first kappa shape index (κ1) is 25.5. The van der Waals surface area contributed by atoms with E-state index in [1.54, 1.807) is 85.2 Å². The van der Waals surface area contributed by atoms with Crippen molar-refractivity contribution < 1.29 is 14.3 Å². The first-order valence-electron chi connectivity index (χ1n) is 12.2. The van der Waals surface area contributed by atoms with E-state index in [1.165, 1.54) is 17.9 Å². The van der Waals surface area contributed by atoms with Gasteiger partial charge in [0.15, 0.2) is 5.65 Å². The Morgan fingerprint density at radius 1 is 0.974 bits per heavy atom. The maximum atomic E-state index is 13.3. The molecule has 5 rings (SSSR count). The molecule has 3 heterocycles. The van der Waals surface area contributed by atoms with Gasteiger partial charge >= 0.3 is 5.69 Å². The summed E-state index contributed by atoms with van der Waals surface area (Å²) in [4.78, 5) is 44.1. The molecule has 198 valence electrons. The Morgan fingerprint density at radius 3 is 2.33 bits per heavy atom. The molecule has 11 heteroatoms. The largest absolute Gasteiger partial charge is 0.497 e. The average molecular weight is 527 g/mol. The van der Waals surface area contributed by atoms with Crippen LogP contribution in [0.4, 0.5) is 5.69 Å². The molecule has 0 unspecified atom stereocenters. The average Bonchev–Trinajstić information content (AvgIpc) is 3.39. The van der Waals surface area contributed by atoms with Crippen LogP contribution in [-0.4, -0.2) is 36.7 Å². The number of carbonyl (C=O) groups is 1. The highest BCUT2D eigenvalue weighted by Crippen LogP contribution is 2.24. The smallest absolute Gasteiger partial charge is 0.335 e. The summed E-state index contributed by atoms with van der Waals surface area (Å²) in [5.74, 6) is 0.943. The van der Waals surface area contributed by atoms with Crippen LogP contribution >= 0.6 is 0 Å². The second-order valence-electron chi connectivity index (χ2n) is 9.08. The number of fused-ring (bicyclic) bond motifs is 1. The predicted molar refractivity (Wildman–Crippen MR) is 145 cm³/mol. The highest BCUT2D eigenvalue weighted by atomic mass is 16.5. The summed E-state index contributed by atoms with van der Waals surface area (Å²) in [5, 5.41) is 6.96. The SMILES string of the molecule is COc1ccc(-n2c(=O)c(C(=O)Nc3ccc(Oc4cc(C)nc5ccnn45)cc3)cn(C(C)C)c2=O)cc1. The number of nitrogens with one attached hydrogen (secondary N) is 1. The standard InChI is InChI=1S/C28H26N6O5/c1-17(2)32-16-23(27(36)33(28(32)37)20-7-11-21(38-4)12-8-20)26(35)31-19-5-9-22(10-6-19)39-25-15-18(3)30-24-13-14-29-34(24)25/h5-17H,1-4H3,(H,31,35). The Balaban J connectivity index is 1.43. The van der Waals surface area contributed by atoms with Gasteiger partial charge in [0.05, 0.1) is 19.0 Å². The minimum atomic E-state index is -0.726. The number of rotatable bonds is 7. The molecular formula is C28H26N6O5. The molecule has 0 saturated heterocycles. The van der Waals surface area contributed by atoms with Crippen molar-refractivity contribution in [3.05, 3.63) is 105 Å². The van der Waals surface area contributed by atoms with Crippen molar-refractivity contribution in [2.75, 3.05) is 12.4 Å². The van der Waals surface area contributed by atoms with Crippen LogP contribution in [0.2, 0.25) is 0 Å². The van der Waals surface area contributed by atoms with Gasteiger partial charge in [-0.25, -0.2) is 14.3 Å². The molecule has 0 fully saturated rings. The van der Waals surface area contributed by atoms with Crippen molar-refractivity contribution in [1.82, 2.24) is 23.7 Å². The van der Waals surface area contributed by atoms with Gasteiger partial charge in [-0.2, -0.15) is 9.61 Å². The van der Waals surface area contributed by atoms with Gasteiger partial charge in [-0.15, -0.1) is 0 Å². The molecule has 0 spiro atoms. The van der Waals surface area contributed by atoms with Gasteiger partial charge in [0, 0.05) is 35.8 Å². The summed E-state index contributed by atoms with van der Waals surface area (Å²) in [6.07, 6.45) is 2.93. The molecule has 1 amide bonds. The molecule has 0 radical (unpaired) electrons. The van der Waals surface area contributed by atoms with Gasteiger partial charge in [-0.05, 0) is 69.3 Å². The monoisotopic (exact) mass is 526 g/mol. The van der Waals surface area contributed by atoms with E-state index < -0.39 is 17.2 Å². The van der Waals surface area contributed by atoms with E-state index >= 15 is 0 Å². The van der Waals surface area contributed by atoms with Crippen LogP contribution in [0.5, 0.6) is 17.4 Å². The van der Waals surface area contributed by atoms with Crippen LogP contribution in [0, 0.1) is 6.92 Å². The lowest BCUT2D eigenvalue weighted by atomic mass is 10.2. The number of carbonyl (C=O) groups excluding carboxylic acids is 1. The molecule has 11 nitrogen and oxygen atoms in total. The van der Waals surface area contributed by atoms with E-state index in [9.17, 15) is 14.4 Å². The van der Waals surface area contributed by atoms with Crippen LogP contribution < -0.4 is 26.0 Å². The Morgan fingerprint density at radius 2 is 1.67 bits per heavy atom. The maximum Gasteiger partial charge on any atom is 0.335 e. The highest BCUT2D eigenvalue weighted by molar-refractivity contribution is 6.03. The fourth-order valence-electron chi connectivity index (χ4n) is 4.06. The number of anilines is 1. The van der Waals surface area contributed by atoms with Crippen molar-refractivity contribution in [3.8, 4) is 23.1 Å². The third kappa shape index (κ3) is 5.01. The minimum Gasteiger partial charge on any atom is -0.497 e. The van der Waals surface area contributed by atoms with E-state index in [0.29, 0.717) is 34.4 Å². The molecule has 0 aliphatic carbocycles. The lowest BCUT2D eigenvalue weighted by Gasteiger charge is -2.16. The summed E-state index contributed by atoms with van der Waals surface area (Å²) >= 11 is 0. The Labute approximate surface area is 222 Å².